The minimum absolute atomic E-state index is 0.0247. The molecule has 0 spiro atoms. The number of ether oxygens (including phenoxy) is 1. The van der Waals surface area contributed by atoms with Gasteiger partial charge in [-0.2, -0.15) is 0 Å². The zero-order valence-electron chi connectivity index (χ0n) is 28.7. The highest BCUT2D eigenvalue weighted by atomic mass is 16.5. The summed E-state index contributed by atoms with van der Waals surface area (Å²) in [5.74, 6) is -0.769. The molecule has 1 N–H and O–H groups in total. The highest BCUT2D eigenvalue weighted by molar-refractivity contribution is 5.91. The van der Waals surface area contributed by atoms with Gasteiger partial charge in [-0.15, -0.1) is 0 Å². The Labute approximate surface area is 267 Å². The Morgan fingerprint density at radius 2 is 1.61 bits per heavy atom. The van der Waals surface area contributed by atoms with E-state index in [9.17, 15) is 14.7 Å². The van der Waals surface area contributed by atoms with Gasteiger partial charge in [-0.25, -0.2) is 4.79 Å². The van der Waals surface area contributed by atoms with Crippen LogP contribution in [0.3, 0.4) is 0 Å². The molecule has 0 radical (unpaired) electrons. The van der Waals surface area contributed by atoms with Crippen molar-refractivity contribution in [3.05, 3.63) is 65.2 Å². The number of carboxylic acid groups (broad SMARTS) is 1. The zero-order chi connectivity index (χ0) is 32.9. The molecule has 0 aliphatic carbocycles. The number of benzene rings is 2. The average Bonchev–Trinajstić information content (AvgIpc) is 3.03. The number of hydrogen-bond donors (Lipinski definition) is 1. The maximum atomic E-state index is 12.6. The molecule has 0 saturated carbocycles. The van der Waals surface area contributed by atoms with Crippen LogP contribution in [0.25, 0.3) is 0 Å². The number of hydrogen-bond acceptors (Lipinski definition) is 5. The molecule has 2 unspecified atom stereocenters. The largest absolute Gasteiger partial charge is 0.478 e. The van der Waals surface area contributed by atoms with E-state index < -0.39 is 5.97 Å². The molecule has 6 nitrogen and oxygen atoms in total. The summed E-state index contributed by atoms with van der Waals surface area (Å²) in [4.78, 5) is 33.2. The second kappa shape index (κ2) is 22.3. The van der Waals surface area contributed by atoms with Crippen LogP contribution in [0.4, 0.5) is 5.69 Å². The Balaban J connectivity index is 0.000000440. The Hall–Kier alpha value is -3.28. The quantitative estimate of drug-likeness (QED) is 0.104. The van der Waals surface area contributed by atoms with Gasteiger partial charge in [0.25, 0.3) is 0 Å². The van der Waals surface area contributed by atoms with Gasteiger partial charge < -0.3 is 9.84 Å². The number of carboxylic acids is 1. The van der Waals surface area contributed by atoms with Gasteiger partial charge in [0.15, 0.2) is 0 Å². The van der Waals surface area contributed by atoms with E-state index in [4.69, 9.17) is 4.74 Å². The fourth-order valence-corrected chi connectivity index (χ4v) is 5.03. The van der Waals surface area contributed by atoms with E-state index in [1.54, 1.807) is 6.07 Å². The SMILES string of the molecule is CCC(CCc1cc(C)ccc1C(=O)O)=Nc1ccccc1.CCCCCC(C(=O)OC(CC)CC)C(C)C(C)=NCCC. The van der Waals surface area contributed by atoms with Crippen LogP contribution in [-0.4, -0.2) is 41.1 Å². The van der Waals surface area contributed by atoms with Crippen molar-refractivity contribution >= 4 is 29.0 Å². The number of aromatic carboxylic acids is 1. The molecule has 0 amide bonds. The smallest absolute Gasteiger partial charge is 0.335 e. The molecule has 0 aliphatic rings. The fraction of sp³-hybridized carbons (Fsp3) is 0.579. The maximum Gasteiger partial charge on any atom is 0.335 e. The summed E-state index contributed by atoms with van der Waals surface area (Å²) >= 11 is 0. The van der Waals surface area contributed by atoms with Crippen LogP contribution in [0.2, 0.25) is 0 Å². The molecule has 2 aromatic rings. The van der Waals surface area contributed by atoms with Gasteiger partial charge in [0, 0.05) is 23.9 Å². The van der Waals surface area contributed by atoms with E-state index in [0.717, 1.165) is 79.7 Å². The third kappa shape index (κ3) is 14.5. The monoisotopic (exact) mass is 606 g/mol. The van der Waals surface area contributed by atoms with Crippen LogP contribution in [0.1, 0.15) is 128 Å². The summed E-state index contributed by atoms with van der Waals surface area (Å²) in [7, 11) is 0. The molecular formula is C38H58N2O4. The van der Waals surface area contributed by atoms with Crippen molar-refractivity contribution in [2.24, 2.45) is 21.8 Å². The summed E-state index contributed by atoms with van der Waals surface area (Å²) in [6.07, 6.45) is 9.56. The number of aryl methyl sites for hydroxylation is 2. The summed E-state index contributed by atoms with van der Waals surface area (Å²) in [5, 5.41) is 9.28. The van der Waals surface area contributed by atoms with Crippen LogP contribution < -0.4 is 0 Å². The van der Waals surface area contributed by atoms with Gasteiger partial charge in [0.1, 0.15) is 6.10 Å². The number of esters is 1. The standard InChI is InChI=1S/C19H21NO2.C19H37NO2/c1-3-16(20-17-7-5-4-6-8-17)11-10-15-13-14(2)9-12-18(15)19(21)22;1-7-11-12-13-18(15(5)16(6)20-14-8-2)19(21)22-17(9-3)10-4/h4-9,12-13H,3,10-11H2,1-2H3,(H,21,22);15,17-18H,7-14H2,1-6H3. The minimum Gasteiger partial charge on any atom is -0.478 e. The predicted octanol–water partition coefficient (Wildman–Crippen LogP) is 10.2. The number of unbranched alkanes of at least 4 members (excludes halogenated alkanes) is 2. The molecule has 2 aromatic carbocycles. The molecule has 6 heteroatoms. The molecule has 0 aliphatic heterocycles. The second-order valence-electron chi connectivity index (χ2n) is 11.6. The number of carbonyl (C=O) groups excluding carboxylic acids is 1. The van der Waals surface area contributed by atoms with Crippen molar-refractivity contribution in [3.8, 4) is 0 Å². The first-order chi connectivity index (χ1) is 21.1. The molecule has 0 heterocycles. The van der Waals surface area contributed by atoms with Crippen molar-refractivity contribution in [2.45, 2.75) is 126 Å². The highest BCUT2D eigenvalue weighted by Crippen LogP contribution is 2.24. The van der Waals surface area contributed by atoms with Gasteiger partial charge in [0.05, 0.1) is 17.2 Å². The predicted molar refractivity (Wildman–Crippen MR) is 186 cm³/mol. The lowest BCUT2D eigenvalue weighted by Crippen LogP contribution is -2.31. The van der Waals surface area contributed by atoms with E-state index >= 15 is 0 Å². The number of nitrogens with zero attached hydrogens (tertiary/aromatic N) is 2. The zero-order valence-corrected chi connectivity index (χ0v) is 28.7. The van der Waals surface area contributed by atoms with Crippen LogP contribution in [0, 0.1) is 18.8 Å². The lowest BCUT2D eigenvalue weighted by atomic mass is 9.86. The van der Waals surface area contributed by atoms with Crippen LogP contribution in [0.5, 0.6) is 0 Å². The molecular weight excluding hydrogens is 548 g/mol. The van der Waals surface area contributed by atoms with E-state index in [1.165, 1.54) is 12.8 Å². The molecule has 0 aromatic heterocycles. The van der Waals surface area contributed by atoms with Gasteiger partial charge >= 0.3 is 11.9 Å². The Morgan fingerprint density at radius 1 is 0.932 bits per heavy atom. The molecule has 0 bridgehead atoms. The average molecular weight is 607 g/mol. The molecule has 244 valence electrons. The van der Waals surface area contributed by atoms with Crippen LogP contribution in [-0.2, 0) is 16.0 Å². The van der Waals surface area contributed by atoms with Gasteiger partial charge in [-0.05, 0) is 82.6 Å². The number of rotatable bonds is 18. The summed E-state index contributed by atoms with van der Waals surface area (Å²) in [6, 6.07) is 15.3. The first-order valence-corrected chi connectivity index (χ1v) is 16.8. The Morgan fingerprint density at radius 3 is 2.18 bits per heavy atom. The Bertz CT molecular complexity index is 1170. The third-order valence-corrected chi connectivity index (χ3v) is 8.09. The van der Waals surface area contributed by atoms with Crippen LogP contribution >= 0.6 is 0 Å². The van der Waals surface area contributed by atoms with E-state index in [-0.39, 0.29) is 23.9 Å². The van der Waals surface area contributed by atoms with E-state index in [2.05, 4.69) is 58.5 Å². The number of aliphatic imine (C=N–C) groups is 2. The molecule has 44 heavy (non-hydrogen) atoms. The number of para-hydroxylation sites is 1. The lowest BCUT2D eigenvalue weighted by molar-refractivity contribution is -0.155. The third-order valence-electron chi connectivity index (χ3n) is 8.09. The van der Waals surface area contributed by atoms with Crippen molar-refractivity contribution in [1.82, 2.24) is 0 Å². The maximum absolute atomic E-state index is 12.6. The minimum atomic E-state index is -0.868. The second-order valence-corrected chi connectivity index (χ2v) is 11.6. The van der Waals surface area contributed by atoms with Crippen molar-refractivity contribution in [1.29, 1.82) is 0 Å². The first-order valence-electron chi connectivity index (χ1n) is 16.8. The molecule has 0 saturated heterocycles. The molecule has 2 rings (SSSR count). The van der Waals surface area contributed by atoms with Crippen molar-refractivity contribution in [2.75, 3.05) is 6.54 Å². The van der Waals surface area contributed by atoms with E-state index in [0.29, 0.717) is 12.0 Å². The fourth-order valence-electron chi connectivity index (χ4n) is 5.03. The lowest BCUT2D eigenvalue weighted by Gasteiger charge is -2.25. The van der Waals surface area contributed by atoms with Crippen molar-refractivity contribution in [3.63, 3.8) is 0 Å². The van der Waals surface area contributed by atoms with Crippen LogP contribution in [0.15, 0.2) is 58.5 Å². The topological polar surface area (TPSA) is 88.3 Å². The molecule has 0 fully saturated rings. The van der Waals surface area contributed by atoms with Crippen molar-refractivity contribution < 1.29 is 19.4 Å². The first kappa shape index (κ1) is 38.7. The summed E-state index contributed by atoms with van der Waals surface area (Å²) in [6.45, 7) is 17.5. The highest BCUT2D eigenvalue weighted by Gasteiger charge is 2.29. The summed E-state index contributed by atoms with van der Waals surface area (Å²) < 4.78 is 5.72. The van der Waals surface area contributed by atoms with E-state index in [1.807, 2.05) is 49.4 Å². The molecule has 2 atom stereocenters. The number of carbonyl (C=O) groups is 2. The normalized spacial score (nSPS) is 13.2. The van der Waals surface area contributed by atoms with Gasteiger partial charge in [-0.1, -0.05) is 96.7 Å². The van der Waals surface area contributed by atoms with Gasteiger partial charge in [-0.3, -0.25) is 14.8 Å². The summed E-state index contributed by atoms with van der Waals surface area (Å²) in [5.41, 5.74) is 5.47. The van der Waals surface area contributed by atoms with Gasteiger partial charge in [0.2, 0.25) is 0 Å². The Kier molecular flexibility index (Phi) is 19.6.